The van der Waals surface area contributed by atoms with Gasteiger partial charge in [0.05, 0.1) is 18.8 Å². The smallest absolute Gasteiger partial charge is 0.163 e. The number of carbonyl (C=O) groups excluding carboxylic acids is 1. The van der Waals surface area contributed by atoms with Crippen molar-refractivity contribution in [2.75, 3.05) is 18.9 Å². The maximum Gasteiger partial charge on any atom is 0.163 e. The molecule has 0 spiro atoms. The van der Waals surface area contributed by atoms with E-state index < -0.39 is 0 Å². The molecule has 0 bridgehead atoms. The van der Waals surface area contributed by atoms with Crippen LogP contribution < -0.4 is 15.2 Å². The Bertz CT molecular complexity index is 771. The highest BCUT2D eigenvalue weighted by Crippen LogP contribution is 2.33. The van der Waals surface area contributed by atoms with Gasteiger partial charge in [0, 0.05) is 23.7 Å². The summed E-state index contributed by atoms with van der Waals surface area (Å²) in [6, 6.07) is 9.00. The minimum Gasteiger partial charge on any atom is -0.507 e. The number of rotatable bonds is 9. The number of nitrogens with two attached hydrogens (primary N) is 1. The highest BCUT2D eigenvalue weighted by molar-refractivity contribution is 5.97. The maximum absolute atomic E-state index is 11.6. The van der Waals surface area contributed by atoms with E-state index in [0.29, 0.717) is 48.6 Å². The van der Waals surface area contributed by atoms with Crippen LogP contribution in [-0.4, -0.2) is 24.1 Å². The Kier molecular flexibility index (Phi) is 6.89. The number of ketones is 1. The SMILES string of the molecule is CCCc1c(OCCCOc2ccc(C)c(N)c2)ccc(C(C)=O)c1O. The lowest BCUT2D eigenvalue weighted by Gasteiger charge is -2.15. The molecule has 2 rings (SSSR count). The zero-order valence-corrected chi connectivity index (χ0v) is 15.7. The first-order chi connectivity index (χ1) is 12.4. The summed E-state index contributed by atoms with van der Waals surface area (Å²) in [7, 11) is 0. The Labute approximate surface area is 154 Å². The van der Waals surface area contributed by atoms with Gasteiger partial charge in [-0.25, -0.2) is 0 Å². The van der Waals surface area contributed by atoms with Gasteiger partial charge in [-0.15, -0.1) is 0 Å². The molecule has 140 valence electrons. The van der Waals surface area contributed by atoms with Gasteiger partial charge in [-0.05, 0) is 44.0 Å². The van der Waals surface area contributed by atoms with Gasteiger partial charge in [-0.2, -0.15) is 0 Å². The Morgan fingerprint density at radius 3 is 2.54 bits per heavy atom. The van der Waals surface area contributed by atoms with E-state index in [1.54, 1.807) is 12.1 Å². The minimum atomic E-state index is -0.155. The Morgan fingerprint density at radius 2 is 1.88 bits per heavy atom. The molecule has 0 aliphatic carbocycles. The first-order valence-corrected chi connectivity index (χ1v) is 8.91. The van der Waals surface area contributed by atoms with E-state index in [0.717, 1.165) is 17.7 Å². The molecule has 0 atom stereocenters. The first-order valence-electron chi connectivity index (χ1n) is 8.91. The van der Waals surface area contributed by atoms with Crippen molar-refractivity contribution in [2.24, 2.45) is 0 Å². The topological polar surface area (TPSA) is 81.8 Å². The zero-order chi connectivity index (χ0) is 19.1. The highest BCUT2D eigenvalue weighted by atomic mass is 16.5. The molecule has 5 nitrogen and oxygen atoms in total. The third-order valence-electron chi connectivity index (χ3n) is 4.18. The van der Waals surface area contributed by atoms with Crippen LogP contribution in [0.4, 0.5) is 5.69 Å². The average molecular weight is 357 g/mol. The number of phenols is 1. The van der Waals surface area contributed by atoms with Crippen molar-refractivity contribution in [3.05, 3.63) is 47.0 Å². The second kappa shape index (κ2) is 9.13. The number of ether oxygens (including phenoxy) is 2. The predicted molar refractivity (Wildman–Crippen MR) is 103 cm³/mol. The maximum atomic E-state index is 11.6. The number of benzene rings is 2. The van der Waals surface area contributed by atoms with Crippen LogP contribution in [0.5, 0.6) is 17.2 Å². The molecular weight excluding hydrogens is 330 g/mol. The monoisotopic (exact) mass is 357 g/mol. The fourth-order valence-corrected chi connectivity index (χ4v) is 2.67. The molecule has 3 N–H and O–H groups in total. The first kappa shape index (κ1) is 19.6. The van der Waals surface area contributed by atoms with Gasteiger partial charge >= 0.3 is 0 Å². The fourth-order valence-electron chi connectivity index (χ4n) is 2.67. The van der Waals surface area contributed by atoms with Crippen LogP contribution in [0.1, 0.15) is 48.2 Å². The van der Waals surface area contributed by atoms with E-state index in [1.165, 1.54) is 6.92 Å². The van der Waals surface area contributed by atoms with Crippen molar-refractivity contribution >= 4 is 11.5 Å². The van der Waals surface area contributed by atoms with Gasteiger partial charge in [0.25, 0.3) is 0 Å². The van der Waals surface area contributed by atoms with Crippen LogP contribution in [-0.2, 0) is 6.42 Å². The lowest BCUT2D eigenvalue weighted by molar-refractivity contribution is 0.101. The predicted octanol–water partition coefficient (Wildman–Crippen LogP) is 4.29. The summed E-state index contributed by atoms with van der Waals surface area (Å²) in [5.74, 6) is 1.23. The second-order valence-electron chi connectivity index (χ2n) is 6.31. The molecule has 0 aliphatic heterocycles. The van der Waals surface area contributed by atoms with Crippen molar-refractivity contribution in [1.82, 2.24) is 0 Å². The largest absolute Gasteiger partial charge is 0.507 e. The molecule has 0 aromatic heterocycles. The Hall–Kier alpha value is -2.69. The normalized spacial score (nSPS) is 10.6. The standard InChI is InChI=1S/C21H27NO4/c1-4-6-18-20(10-9-17(15(3)23)21(18)24)26-12-5-11-25-16-8-7-14(2)19(22)13-16/h7-10,13,24H,4-6,11-12,22H2,1-3H3. The van der Waals surface area contributed by atoms with Crippen LogP contribution in [0.3, 0.4) is 0 Å². The number of hydrogen-bond donors (Lipinski definition) is 2. The van der Waals surface area contributed by atoms with Crippen LogP contribution in [0.2, 0.25) is 0 Å². The molecule has 2 aromatic rings. The lowest BCUT2D eigenvalue weighted by atomic mass is 10.0. The summed E-state index contributed by atoms with van der Waals surface area (Å²) in [5, 5.41) is 10.3. The van der Waals surface area contributed by atoms with E-state index in [9.17, 15) is 9.90 Å². The summed E-state index contributed by atoms with van der Waals surface area (Å²) >= 11 is 0. The minimum absolute atomic E-state index is 0.0308. The van der Waals surface area contributed by atoms with Crippen molar-refractivity contribution < 1.29 is 19.4 Å². The van der Waals surface area contributed by atoms with E-state index in [4.69, 9.17) is 15.2 Å². The zero-order valence-electron chi connectivity index (χ0n) is 15.7. The molecular formula is C21H27NO4. The molecule has 0 radical (unpaired) electrons. The lowest BCUT2D eigenvalue weighted by Crippen LogP contribution is -2.07. The molecule has 2 aromatic carbocycles. The van der Waals surface area contributed by atoms with Crippen LogP contribution >= 0.6 is 0 Å². The quantitative estimate of drug-likeness (QED) is 0.397. The number of Topliss-reactive ketones (excluding diaryl/α,β-unsaturated/α-hetero) is 1. The van der Waals surface area contributed by atoms with Crippen molar-refractivity contribution in [2.45, 2.75) is 40.0 Å². The van der Waals surface area contributed by atoms with Crippen molar-refractivity contribution in [3.63, 3.8) is 0 Å². The van der Waals surface area contributed by atoms with E-state index in [2.05, 4.69) is 0 Å². The molecule has 0 fully saturated rings. The van der Waals surface area contributed by atoms with Gasteiger partial charge in [0.2, 0.25) is 0 Å². The van der Waals surface area contributed by atoms with E-state index in [1.807, 2.05) is 32.0 Å². The van der Waals surface area contributed by atoms with Crippen molar-refractivity contribution in [3.8, 4) is 17.2 Å². The van der Waals surface area contributed by atoms with Gasteiger partial charge in [0.1, 0.15) is 17.2 Å². The molecule has 0 unspecified atom stereocenters. The van der Waals surface area contributed by atoms with Gasteiger partial charge < -0.3 is 20.3 Å². The average Bonchev–Trinajstić information content (AvgIpc) is 2.60. The molecule has 0 amide bonds. The van der Waals surface area contributed by atoms with Crippen LogP contribution in [0.25, 0.3) is 0 Å². The number of hydrogen-bond acceptors (Lipinski definition) is 5. The molecule has 0 heterocycles. The summed E-state index contributed by atoms with van der Waals surface area (Å²) < 4.78 is 11.5. The Morgan fingerprint density at radius 1 is 1.15 bits per heavy atom. The highest BCUT2D eigenvalue weighted by Gasteiger charge is 2.15. The number of aryl methyl sites for hydroxylation is 1. The van der Waals surface area contributed by atoms with Crippen LogP contribution in [0.15, 0.2) is 30.3 Å². The number of aromatic hydroxyl groups is 1. The van der Waals surface area contributed by atoms with Gasteiger partial charge in [-0.3, -0.25) is 4.79 Å². The summed E-state index contributed by atoms with van der Waals surface area (Å²) in [5.41, 5.74) is 8.63. The third kappa shape index (κ3) is 4.91. The van der Waals surface area contributed by atoms with E-state index in [-0.39, 0.29) is 11.5 Å². The summed E-state index contributed by atoms with van der Waals surface area (Å²) in [6.45, 7) is 6.37. The van der Waals surface area contributed by atoms with Crippen molar-refractivity contribution in [1.29, 1.82) is 0 Å². The van der Waals surface area contributed by atoms with Gasteiger partial charge in [0.15, 0.2) is 5.78 Å². The number of anilines is 1. The number of phenolic OH excluding ortho intramolecular Hbond substituents is 1. The van der Waals surface area contributed by atoms with E-state index >= 15 is 0 Å². The fraction of sp³-hybridized carbons (Fsp3) is 0.381. The second-order valence-corrected chi connectivity index (χ2v) is 6.31. The summed E-state index contributed by atoms with van der Waals surface area (Å²) in [4.78, 5) is 11.6. The summed E-state index contributed by atoms with van der Waals surface area (Å²) in [6.07, 6.45) is 2.19. The van der Waals surface area contributed by atoms with Crippen LogP contribution in [0, 0.1) is 6.92 Å². The Balaban J connectivity index is 1.91. The molecule has 0 saturated carbocycles. The molecule has 26 heavy (non-hydrogen) atoms. The molecule has 0 saturated heterocycles. The molecule has 5 heteroatoms. The number of carbonyl (C=O) groups is 1. The number of nitrogen functional groups attached to an aromatic ring is 1. The third-order valence-corrected chi connectivity index (χ3v) is 4.18. The molecule has 0 aliphatic rings. The van der Waals surface area contributed by atoms with Gasteiger partial charge in [-0.1, -0.05) is 19.4 Å².